The van der Waals surface area contributed by atoms with Gasteiger partial charge in [0.1, 0.15) is 5.82 Å². The molecule has 0 amide bonds. The van der Waals surface area contributed by atoms with Crippen LogP contribution < -0.4 is 5.32 Å². The third-order valence-corrected chi connectivity index (χ3v) is 3.18. The molecule has 4 heteroatoms. The van der Waals surface area contributed by atoms with Gasteiger partial charge in [0.25, 0.3) is 0 Å². The van der Waals surface area contributed by atoms with Gasteiger partial charge in [0.05, 0.1) is 17.0 Å². The maximum atomic E-state index is 13.3. The van der Waals surface area contributed by atoms with Crippen LogP contribution in [0.25, 0.3) is 10.1 Å². The van der Waals surface area contributed by atoms with E-state index in [1.165, 1.54) is 17.4 Å². The SMILES string of the molecule is C.CC.COCCNc1csc2c(F)cccc12. The molecule has 0 unspecified atom stereocenters. The number of halogens is 1. The summed E-state index contributed by atoms with van der Waals surface area (Å²) in [7, 11) is 1.66. The summed E-state index contributed by atoms with van der Waals surface area (Å²) in [6.07, 6.45) is 0. The first kappa shape index (κ1) is 16.9. The van der Waals surface area contributed by atoms with Gasteiger partial charge in [-0.1, -0.05) is 33.4 Å². The summed E-state index contributed by atoms with van der Waals surface area (Å²) >= 11 is 1.42. The average Bonchev–Trinajstić information content (AvgIpc) is 2.77. The van der Waals surface area contributed by atoms with Gasteiger partial charge < -0.3 is 10.1 Å². The van der Waals surface area contributed by atoms with Gasteiger partial charge in [0.2, 0.25) is 0 Å². The van der Waals surface area contributed by atoms with E-state index in [0.29, 0.717) is 11.3 Å². The lowest BCUT2D eigenvalue weighted by Gasteiger charge is -2.03. The molecule has 102 valence electrons. The molecule has 18 heavy (non-hydrogen) atoms. The average molecular weight is 271 g/mol. The highest BCUT2D eigenvalue weighted by molar-refractivity contribution is 7.17. The number of ether oxygens (including phenoxy) is 1. The van der Waals surface area contributed by atoms with E-state index in [1.54, 1.807) is 13.2 Å². The summed E-state index contributed by atoms with van der Waals surface area (Å²) in [5.41, 5.74) is 0.978. The van der Waals surface area contributed by atoms with Crippen LogP contribution in [0.5, 0.6) is 0 Å². The Bertz CT molecular complexity index is 456. The van der Waals surface area contributed by atoms with Crippen molar-refractivity contribution >= 4 is 27.1 Å². The number of hydrogen-bond acceptors (Lipinski definition) is 3. The van der Waals surface area contributed by atoms with E-state index >= 15 is 0 Å². The van der Waals surface area contributed by atoms with Crippen molar-refractivity contribution < 1.29 is 9.13 Å². The number of hydrogen-bond donors (Lipinski definition) is 1. The second kappa shape index (κ2) is 8.89. The molecule has 2 nitrogen and oxygen atoms in total. The fraction of sp³-hybridized carbons (Fsp3) is 0.429. The maximum absolute atomic E-state index is 13.3. The molecular weight excluding hydrogens is 249 g/mol. The molecular formula is C14H22FNOS. The van der Waals surface area contributed by atoms with Crippen molar-refractivity contribution in [2.45, 2.75) is 21.3 Å². The van der Waals surface area contributed by atoms with Crippen LogP contribution in [0.2, 0.25) is 0 Å². The molecule has 1 N–H and O–H groups in total. The fourth-order valence-electron chi connectivity index (χ4n) is 1.45. The van der Waals surface area contributed by atoms with Crippen molar-refractivity contribution in [3.8, 4) is 0 Å². The minimum Gasteiger partial charge on any atom is -0.383 e. The number of methoxy groups -OCH3 is 1. The number of benzene rings is 1. The summed E-state index contributed by atoms with van der Waals surface area (Å²) in [5.74, 6) is -0.155. The van der Waals surface area contributed by atoms with Crippen molar-refractivity contribution in [2.75, 3.05) is 25.6 Å². The van der Waals surface area contributed by atoms with Crippen LogP contribution in [-0.2, 0) is 4.74 Å². The first-order chi connectivity index (χ1) is 8.33. The lowest BCUT2D eigenvalue weighted by molar-refractivity contribution is 0.211. The van der Waals surface area contributed by atoms with Crippen LogP contribution in [0, 0.1) is 5.82 Å². The molecule has 0 fully saturated rings. The van der Waals surface area contributed by atoms with Gasteiger partial charge in [-0.3, -0.25) is 0 Å². The predicted molar refractivity (Wildman–Crippen MR) is 80.2 cm³/mol. The lowest BCUT2D eigenvalue weighted by atomic mass is 10.2. The second-order valence-electron chi connectivity index (χ2n) is 3.19. The van der Waals surface area contributed by atoms with E-state index in [0.717, 1.165) is 17.6 Å². The number of rotatable bonds is 4. The zero-order valence-electron chi connectivity index (χ0n) is 10.4. The second-order valence-corrected chi connectivity index (χ2v) is 4.07. The first-order valence-electron chi connectivity index (χ1n) is 5.71. The Morgan fingerprint density at radius 2 is 2.06 bits per heavy atom. The zero-order valence-corrected chi connectivity index (χ0v) is 11.2. The van der Waals surface area contributed by atoms with Crippen molar-refractivity contribution in [3.63, 3.8) is 0 Å². The normalized spacial score (nSPS) is 9.33. The lowest BCUT2D eigenvalue weighted by Crippen LogP contribution is -2.06. The molecule has 1 aromatic carbocycles. The Morgan fingerprint density at radius 1 is 1.33 bits per heavy atom. The van der Waals surface area contributed by atoms with E-state index in [1.807, 2.05) is 25.3 Å². The molecule has 1 heterocycles. The molecule has 1 aromatic heterocycles. The van der Waals surface area contributed by atoms with Crippen molar-refractivity contribution in [3.05, 3.63) is 29.4 Å². The highest BCUT2D eigenvalue weighted by atomic mass is 32.1. The molecule has 0 aliphatic rings. The highest BCUT2D eigenvalue weighted by Gasteiger charge is 2.06. The number of nitrogens with one attached hydrogen (secondary N) is 1. The first-order valence-corrected chi connectivity index (χ1v) is 6.59. The Balaban J connectivity index is 0.000000917. The Labute approximate surface area is 113 Å². The highest BCUT2D eigenvalue weighted by Crippen LogP contribution is 2.31. The Morgan fingerprint density at radius 3 is 2.72 bits per heavy atom. The third-order valence-electron chi connectivity index (χ3n) is 2.17. The molecule has 0 radical (unpaired) electrons. The maximum Gasteiger partial charge on any atom is 0.141 e. The summed E-state index contributed by atoms with van der Waals surface area (Å²) < 4.78 is 19.0. The molecule has 0 aliphatic carbocycles. The summed E-state index contributed by atoms with van der Waals surface area (Å²) in [6, 6.07) is 5.13. The van der Waals surface area contributed by atoms with Gasteiger partial charge in [0, 0.05) is 24.4 Å². The smallest absolute Gasteiger partial charge is 0.141 e. The van der Waals surface area contributed by atoms with E-state index < -0.39 is 0 Å². The minimum absolute atomic E-state index is 0. The Hall–Kier alpha value is -1.13. The fourth-order valence-corrected chi connectivity index (χ4v) is 2.38. The monoisotopic (exact) mass is 271 g/mol. The molecule has 2 aromatic rings. The summed E-state index contributed by atoms with van der Waals surface area (Å²) in [5, 5.41) is 6.09. The van der Waals surface area contributed by atoms with Gasteiger partial charge in [-0.15, -0.1) is 11.3 Å². The summed E-state index contributed by atoms with van der Waals surface area (Å²) in [4.78, 5) is 0. The molecule has 0 saturated heterocycles. The van der Waals surface area contributed by atoms with Gasteiger partial charge in [-0.25, -0.2) is 4.39 Å². The van der Waals surface area contributed by atoms with Gasteiger partial charge in [-0.2, -0.15) is 0 Å². The number of thiophene rings is 1. The molecule has 0 atom stereocenters. The van der Waals surface area contributed by atoms with Crippen LogP contribution >= 0.6 is 11.3 Å². The van der Waals surface area contributed by atoms with Crippen molar-refractivity contribution in [2.24, 2.45) is 0 Å². The number of fused-ring (bicyclic) bond motifs is 1. The van der Waals surface area contributed by atoms with Gasteiger partial charge >= 0.3 is 0 Å². The van der Waals surface area contributed by atoms with Crippen LogP contribution in [0.4, 0.5) is 10.1 Å². The van der Waals surface area contributed by atoms with Crippen molar-refractivity contribution in [1.82, 2.24) is 0 Å². The third kappa shape index (κ3) is 3.96. The molecule has 0 bridgehead atoms. The van der Waals surface area contributed by atoms with Crippen molar-refractivity contribution in [1.29, 1.82) is 0 Å². The standard InChI is InChI=1S/C11H12FNOS.C2H6.CH4/c1-14-6-5-13-10-7-15-11-8(10)3-2-4-9(11)12;1-2;/h2-4,7,13H,5-6H2,1H3;1-2H3;1H4. The summed E-state index contributed by atoms with van der Waals surface area (Å²) in [6.45, 7) is 5.38. The van der Waals surface area contributed by atoms with E-state index in [9.17, 15) is 4.39 Å². The minimum atomic E-state index is -0.155. The topological polar surface area (TPSA) is 21.3 Å². The van der Waals surface area contributed by atoms with E-state index in [2.05, 4.69) is 5.32 Å². The predicted octanol–water partition coefficient (Wildman–Crippen LogP) is 4.76. The van der Waals surface area contributed by atoms with E-state index in [4.69, 9.17) is 4.74 Å². The van der Waals surface area contributed by atoms with Gasteiger partial charge in [0.15, 0.2) is 0 Å². The van der Waals surface area contributed by atoms with E-state index in [-0.39, 0.29) is 13.2 Å². The molecule has 0 aliphatic heterocycles. The van der Waals surface area contributed by atoms with Crippen LogP contribution in [0.15, 0.2) is 23.6 Å². The van der Waals surface area contributed by atoms with Crippen LogP contribution in [0.3, 0.4) is 0 Å². The Kier molecular flexibility index (Phi) is 8.33. The quantitative estimate of drug-likeness (QED) is 0.809. The molecule has 0 saturated carbocycles. The largest absolute Gasteiger partial charge is 0.383 e. The van der Waals surface area contributed by atoms with Crippen LogP contribution in [0.1, 0.15) is 21.3 Å². The molecule has 0 spiro atoms. The zero-order chi connectivity index (χ0) is 12.7. The number of anilines is 1. The van der Waals surface area contributed by atoms with Crippen LogP contribution in [-0.4, -0.2) is 20.3 Å². The van der Waals surface area contributed by atoms with Gasteiger partial charge in [-0.05, 0) is 6.07 Å². The molecule has 2 rings (SSSR count).